The fourth-order valence-electron chi connectivity index (χ4n) is 2.11. The van der Waals surface area contributed by atoms with Gasteiger partial charge in [0.25, 0.3) is 5.69 Å². The Hall–Kier alpha value is -2.24. The first-order valence-electron chi connectivity index (χ1n) is 5.88. The standard InChI is InChI=1S/C14H8Cl2N2O3/c15-7-1-2-9(11(16)3-7)14-6-10-12(18(19)20)4-8(17)5-13(10)21-14/h1-6H,17H2. The van der Waals surface area contributed by atoms with Crippen LogP contribution in [0, 0.1) is 10.1 Å². The van der Waals surface area contributed by atoms with Crippen molar-refractivity contribution in [2.75, 3.05) is 5.73 Å². The molecule has 7 heteroatoms. The van der Waals surface area contributed by atoms with Crippen molar-refractivity contribution in [3.05, 3.63) is 56.6 Å². The van der Waals surface area contributed by atoms with Gasteiger partial charge in [0, 0.05) is 28.4 Å². The predicted octanol–water partition coefficient (Wildman–Crippen LogP) is 4.90. The number of hydrogen-bond donors (Lipinski definition) is 1. The molecule has 2 aromatic carbocycles. The maximum atomic E-state index is 11.1. The van der Waals surface area contributed by atoms with Crippen LogP contribution in [-0.4, -0.2) is 4.92 Å². The molecule has 3 rings (SSSR count). The maximum absolute atomic E-state index is 11.1. The molecule has 1 aromatic heterocycles. The van der Waals surface area contributed by atoms with E-state index in [1.54, 1.807) is 24.3 Å². The van der Waals surface area contributed by atoms with E-state index in [1.807, 2.05) is 0 Å². The summed E-state index contributed by atoms with van der Waals surface area (Å²) in [5, 5.41) is 12.4. The number of hydrogen-bond acceptors (Lipinski definition) is 4. The monoisotopic (exact) mass is 322 g/mol. The highest BCUT2D eigenvalue weighted by Crippen LogP contribution is 2.38. The zero-order valence-corrected chi connectivity index (χ0v) is 12.0. The van der Waals surface area contributed by atoms with Gasteiger partial charge in [-0.1, -0.05) is 23.2 Å². The second-order valence-electron chi connectivity index (χ2n) is 4.44. The Balaban J connectivity index is 2.26. The molecular formula is C14H8Cl2N2O3. The smallest absolute Gasteiger partial charge is 0.282 e. The number of nitrogens with two attached hydrogens (primary N) is 1. The third-order valence-electron chi connectivity index (χ3n) is 3.03. The largest absolute Gasteiger partial charge is 0.456 e. The maximum Gasteiger partial charge on any atom is 0.282 e. The number of halogens is 2. The van der Waals surface area contributed by atoms with Gasteiger partial charge >= 0.3 is 0 Å². The molecule has 5 nitrogen and oxygen atoms in total. The minimum atomic E-state index is -0.499. The first kappa shape index (κ1) is 13.7. The van der Waals surface area contributed by atoms with E-state index in [9.17, 15) is 10.1 Å². The second kappa shape index (κ2) is 4.95. The third kappa shape index (κ3) is 2.41. The van der Waals surface area contributed by atoms with Crippen LogP contribution in [0.5, 0.6) is 0 Å². The minimum absolute atomic E-state index is 0.106. The highest BCUT2D eigenvalue weighted by molar-refractivity contribution is 6.36. The van der Waals surface area contributed by atoms with Crippen LogP contribution in [0.25, 0.3) is 22.3 Å². The van der Waals surface area contributed by atoms with Gasteiger partial charge in [-0.15, -0.1) is 0 Å². The quantitative estimate of drug-likeness (QED) is 0.413. The van der Waals surface area contributed by atoms with Crippen LogP contribution < -0.4 is 5.73 Å². The van der Waals surface area contributed by atoms with E-state index in [0.29, 0.717) is 32.3 Å². The average molecular weight is 323 g/mol. The molecule has 0 bridgehead atoms. The van der Waals surface area contributed by atoms with Crippen molar-refractivity contribution < 1.29 is 9.34 Å². The highest BCUT2D eigenvalue weighted by atomic mass is 35.5. The summed E-state index contributed by atoms with van der Waals surface area (Å²) in [6, 6.07) is 9.34. The van der Waals surface area contributed by atoms with E-state index < -0.39 is 4.92 Å². The molecule has 1 heterocycles. The number of fused-ring (bicyclic) bond motifs is 1. The summed E-state index contributed by atoms with van der Waals surface area (Å²) in [5.41, 5.74) is 6.75. The topological polar surface area (TPSA) is 82.3 Å². The van der Waals surface area contributed by atoms with E-state index in [1.165, 1.54) is 12.1 Å². The number of benzene rings is 2. The first-order chi connectivity index (χ1) is 9.95. The van der Waals surface area contributed by atoms with Gasteiger partial charge in [-0.05, 0) is 24.3 Å². The van der Waals surface area contributed by atoms with Crippen LogP contribution in [0.15, 0.2) is 40.8 Å². The molecule has 106 valence electrons. The van der Waals surface area contributed by atoms with E-state index in [4.69, 9.17) is 33.4 Å². The Morgan fingerprint density at radius 1 is 1.14 bits per heavy atom. The summed E-state index contributed by atoms with van der Waals surface area (Å²) in [6.07, 6.45) is 0. The molecule has 0 saturated heterocycles. The lowest BCUT2D eigenvalue weighted by molar-refractivity contribution is -0.383. The molecule has 0 saturated carbocycles. The molecule has 0 amide bonds. The van der Waals surface area contributed by atoms with E-state index >= 15 is 0 Å². The molecule has 0 spiro atoms. The number of non-ortho nitro benzene ring substituents is 1. The molecule has 0 fully saturated rings. The molecule has 0 atom stereocenters. The summed E-state index contributed by atoms with van der Waals surface area (Å²) in [4.78, 5) is 10.6. The average Bonchev–Trinajstić information content (AvgIpc) is 2.80. The Labute approximate surface area is 129 Å². The normalized spacial score (nSPS) is 11.0. The number of rotatable bonds is 2. The molecule has 21 heavy (non-hydrogen) atoms. The van der Waals surface area contributed by atoms with Gasteiger partial charge in [0.1, 0.15) is 11.3 Å². The van der Waals surface area contributed by atoms with Gasteiger partial charge in [0.15, 0.2) is 0 Å². The van der Waals surface area contributed by atoms with E-state index in [2.05, 4.69) is 0 Å². The molecular weight excluding hydrogens is 315 g/mol. The summed E-state index contributed by atoms with van der Waals surface area (Å²) in [7, 11) is 0. The molecule has 0 aliphatic rings. The lowest BCUT2D eigenvalue weighted by atomic mass is 10.1. The number of nitrogens with zero attached hydrogens (tertiary/aromatic N) is 1. The second-order valence-corrected chi connectivity index (χ2v) is 5.29. The predicted molar refractivity (Wildman–Crippen MR) is 82.7 cm³/mol. The first-order valence-corrected chi connectivity index (χ1v) is 6.64. The van der Waals surface area contributed by atoms with Gasteiger partial charge < -0.3 is 10.2 Å². The van der Waals surface area contributed by atoms with Crippen LogP contribution in [0.2, 0.25) is 10.0 Å². The van der Waals surface area contributed by atoms with Crippen LogP contribution in [0.3, 0.4) is 0 Å². The molecule has 0 aliphatic heterocycles. The van der Waals surface area contributed by atoms with Gasteiger partial charge in [0.05, 0.1) is 15.3 Å². The summed E-state index contributed by atoms with van der Waals surface area (Å²) in [5.74, 6) is 0.417. The SMILES string of the molecule is Nc1cc([N+](=O)[O-])c2cc(-c3ccc(Cl)cc3Cl)oc2c1. The summed E-state index contributed by atoms with van der Waals surface area (Å²) >= 11 is 12.0. The van der Waals surface area contributed by atoms with Crippen molar-refractivity contribution in [3.63, 3.8) is 0 Å². The van der Waals surface area contributed by atoms with Crippen molar-refractivity contribution in [1.29, 1.82) is 0 Å². The van der Waals surface area contributed by atoms with Crippen LogP contribution in [0.1, 0.15) is 0 Å². The fraction of sp³-hybridized carbons (Fsp3) is 0. The fourth-order valence-corrected chi connectivity index (χ4v) is 2.62. The number of furan rings is 1. The van der Waals surface area contributed by atoms with Crippen LogP contribution in [-0.2, 0) is 0 Å². The van der Waals surface area contributed by atoms with Crippen LogP contribution in [0.4, 0.5) is 11.4 Å². The lowest BCUT2D eigenvalue weighted by Gasteiger charge is -2.00. The number of anilines is 1. The molecule has 0 unspecified atom stereocenters. The zero-order chi connectivity index (χ0) is 15.1. The van der Waals surface area contributed by atoms with Crippen molar-refractivity contribution in [1.82, 2.24) is 0 Å². The molecule has 3 aromatic rings. The Morgan fingerprint density at radius 2 is 1.90 bits per heavy atom. The number of nitro groups is 1. The van der Waals surface area contributed by atoms with Crippen LogP contribution >= 0.6 is 23.2 Å². The van der Waals surface area contributed by atoms with Gasteiger partial charge in [-0.2, -0.15) is 0 Å². The van der Waals surface area contributed by atoms with Gasteiger partial charge in [-0.25, -0.2) is 0 Å². The summed E-state index contributed by atoms with van der Waals surface area (Å²) in [6.45, 7) is 0. The van der Waals surface area contributed by atoms with E-state index in [-0.39, 0.29) is 11.4 Å². The third-order valence-corrected chi connectivity index (χ3v) is 3.58. The lowest BCUT2D eigenvalue weighted by Crippen LogP contribution is -1.91. The minimum Gasteiger partial charge on any atom is -0.456 e. The van der Waals surface area contributed by atoms with Gasteiger partial charge in [0.2, 0.25) is 0 Å². The van der Waals surface area contributed by atoms with E-state index in [0.717, 1.165) is 0 Å². The van der Waals surface area contributed by atoms with Crippen molar-refractivity contribution in [2.24, 2.45) is 0 Å². The van der Waals surface area contributed by atoms with Crippen molar-refractivity contribution >= 4 is 45.5 Å². The van der Waals surface area contributed by atoms with Gasteiger partial charge in [-0.3, -0.25) is 10.1 Å². The Bertz CT molecular complexity index is 874. The number of nitrogen functional groups attached to an aromatic ring is 1. The molecule has 0 aliphatic carbocycles. The van der Waals surface area contributed by atoms with Crippen molar-refractivity contribution in [2.45, 2.75) is 0 Å². The Kier molecular flexibility index (Phi) is 3.23. The van der Waals surface area contributed by atoms with Crippen molar-refractivity contribution in [3.8, 4) is 11.3 Å². The highest BCUT2D eigenvalue weighted by Gasteiger charge is 2.19. The number of nitro benzene ring substituents is 1. The Morgan fingerprint density at radius 3 is 2.57 bits per heavy atom. The summed E-state index contributed by atoms with van der Waals surface area (Å²) < 4.78 is 5.63. The molecule has 0 radical (unpaired) electrons. The zero-order valence-electron chi connectivity index (χ0n) is 10.5. The molecule has 2 N–H and O–H groups in total.